The summed E-state index contributed by atoms with van der Waals surface area (Å²) in [5.74, 6) is 0.0114. The molecule has 0 amide bonds. The van der Waals surface area contributed by atoms with Gasteiger partial charge in [0.15, 0.2) is 17.5 Å². The van der Waals surface area contributed by atoms with Gasteiger partial charge in [0.25, 0.3) is 5.56 Å². The van der Waals surface area contributed by atoms with E-state index in [4.69, 9.17) is 29.0 Å². The van der Waals surface area contributed by atoms with E-state index in [-0.39, 0.29) is 36.9 Å². The summed E-state index contributed by atoms with van der Waals surface area (Å²) in [6.45, 7) is 6.85. The highest BCUT2D eigenvalue weighted by atomic mass is 31.2. The topological polar surface area (TPSA) is 182 Å². The van der Waals surface area contributed by atoms with Gasteiger partial charge in [0.2, 0.25) is 5.95 Å². The van der Waals surface area contributed by atoms with Gasteiger partial charge < -0.3 is 24.5 Å². The number of nitrogen functional groups attached to an aromatic ring is 1. The van der Waals surface area contributed by atoms with Gasteiger partial charge in [-0.05, 0) is 69.1 Å². The Morgan fingerprint density at radius 2 is 2.00 bits per heavy atom. The van der Waals surface area contributed by atoms with E-state index in [0.717, 1.165) is 50.5 Å². The number of nitrogens with one attached hydrogen (secondary N) is 2. The number of hydrogen-bond acceptors (Lipinski definition) is 11. The minimum Gasteiger partial charge on any atom is -0.464 e. The number of rotatable bonds is 18. The van der Waals surface area contributed by atoms with Gasteiger partial charge in [-0.15, -0.1) is 0 Å². The molecule has 1 saturated carbocycles. The van der Waals surface area contributed by atoms with Crippen molar-refractivity contribution in [3.8, 4) is 5.75 Å². The number of imidazole rings is 1. The van der Waals surface area contributed by atoms with Crippen molar-refractivity contribution in [2.24, 2.45) is 11.3 Å². The number of anilines is 1. The number of para-hydroxylation sites is 1. The third kappa shape index (κ3) is 9.32. The quantitative estimate of drug-likeness (QED) is 0.114. The number of aromatic amines is 1. The number of hydrogen-bond donors (Lipinski definition) is 3. The molecule has 3 aromatic rings. The molecule has 2 aromatic heterocycles. The van der Waals surface area contributed by atoms with Crippen LogP contribution in [-0.4, -0.2) is 64.2 Å². The average molecular weight is 687 g/mol. The molecule has 1 aromatic carbocycles. The van der Waals surface area contributed by atoms with Gasteiger partial charge in [0.1, 0.15) is 18.1 Å². The molecule has 0 bridgehead atoms. The molecule has 48 heavy (non-hydrogen) atoms. The van der Waals surface area contributed by atoms with Gasteiger partial charge in [-0.25, -0.2) is 9.55 Å². The van der Waals surface area contributed by atoms with Gasteiger partial charge >= 0.3 is 13.7 Å². The van der Waals surface area contributed by atoms with Crippen molar-refractivity contribution in [2.45, 2.75) is 84.5 Å². The minimum atomic E-state index is -4.14. The number of nitrogens with zero attached hydrogens (tertiary/aromatic N) is 3. The Labute approximate surface area is 280 Å². The maximum atomic E-state index is 14.4. The van der Waals surface area contributed by atoms with Crippen LogP contribution in [-0.2, 0) is 28.1 Å². The Kier molecular flexibility index (Phi) is 12.1. The van der Waals surface area contributed by atoms with Crippen LogP contribution in [0.25, 0.3) is 17.4 Å². The first-order valence-electron chi connectivity index (χ1n) is 16.7. The van der Waals surface area contributed by atoms with Crippen LogP contribution in [0.5, 0.6) is 5.75 Å². The highest BCUT2D eigenvalue weighted by Crippen LogP contribution is 2.57. The lowest BCUT2D eigenvalue weighted by molar-refractivity contribution is -0.171. The Bertz CT molecular complexity index is 1650. The molecule has 262 valence electrons. The summed E-state index contributed by atoms with van der Waals surface area (Å²) in [5, 5.41) is 2.81. The number of carbonyl (C=O) groups is 1. The van der Waals surface area contributed by atoms with Crippen LogP contribution in [0.4, 0.5) is 5.95 Å². The Morgan fingerprint density at radius 1 is 1.23 bits per heavy atom. The molecule has 1 unspecified atom stereocenters. The number of ether oxygens (including phenoxy) is 3. The van der Waals surface area contributed by atoms with Gasteiger partial charge in [0, 0.05) is 18.2 Å². The fourth-order valence-corrected chi connectivity index (χ4v) is 7.37. The van der Waals surface area contributed by atoms with E-state index in [0.29, 0.717) is 31.0 Å². The van der Waals surface area contributed by atoms with E-state index >= 15 is 0 Å². The normalized spacial score (nSPS) is 22.1. The molecular formula is C33H47N6O8P. The van der Waals surface area contributed by atoms with Crippen LogP contribution in [0.3, 0.4) is 0 Å². The first kappa shape index (κ1) is 35.7. The first-order valence-corrected chi connectivity index (χ1v) is 18.3. The van der Waals surface area contributed by atoms with Gasteiger partial charge in [-0.3, -0.25) is 23.7 Å². The van der Waals surface area contributed by atoms with Gasteiger partial charge in [-0.1, -0.05) is 44.9 Å². The van der Waals surface area contributed by atoms with Crippen molar-refractivity contribution in [3.63, 3.8) is 0 Å². The fraction of sp³-hybridized carbons (Fsp3) is 0.576. The lowest BCUT2D eigenvalue weighted by atomic mass is 9.99. The second-order valence-corrected chi connectivity index (χ2v) is 14.3. The number of nitrogens with two attached hydrogens (primary N) is 1. The van der Waals surface area contributed by atoms with E-state index in [1.807, 2.05) is 6.07 Å². The third-order valence-corrected chi connectivity index (χ3v) is 10.2. The summed E-state index contributed by atoms with van der Waals surface area (Å²) in [6.07, 6.45) is 10.1. The number of benzene rings is 1. The van der Waals surface area contributed by atoms with Crippen LogP contribution in [0.15, 0.2) is 47.0 Å². The summed E-state index contributed by atoms with van der Waals surface area (Å²) in [5.41, 5.74) is 5.98. The van der Waals surface area contributed by atoms with Crippen molar-refractivity contribution in [1.82, 2.24) is 24.6 Å². The molecule has 1 aliphatic heterocycles. The molecule has 1 saturated heterocycles. The number of fused-ring (bicyclic) bond motifs is 1. The molecule has 2 fully saturated rings. The van der Waals surface area contributed by atoms with Crippen molar-refractivity contribution >= 4 is 37.0 Å². The van der Waals surface area contributed by atoms with Crippen LogP contribution in [0.1, 0.15) is 72.1 Å². The zero-order valence-electron chi connectivity index (χ0n) is 27.9. The molecule has 1 aliphatic carbocycles. The van der Waals surface area contributed by atoms with E-state index in [2.05, 4.69) is 33.9 Å². The third-order valence-electron chi connectivity index (χ3n) is 8.55. The van der Waals surface area contributed by atoms with Crippen LogP contribution in [0.2, 0.25) is 0 Å². The summed E-state index contributed by atoms with van der Waals surface area (Å²) in [4.78, 5) is 36.3. The van der Waals surface area contributed by atoms with Crippen molar-refractivity contribution in [1.29, 1.82) is 0 Å². The van der Waals surface area contributed by atoms with E-state index < -0.39 is 30.7 Å². The Balaban J connectivity index is 1.35. The summed E-state index contributed by atoms with van der Waals surface area (Å²) >= 11 is 0. The molecule has 5 rings (SSSR count). The molecular weight excluding hydrogens is 639 g/mol. The van der Waals surface area contributed by atoms with Crippen LogP contribution in [0, 0.1) is 11.3 Å². The molecule has 4 N–H and O–H groups in total. The number of carbonyl (C=O) groups excluding carboxylic acids is 1. The van der Waals surface area contributed by atoms with Gasteiger partial charge in [0.05, 0.1) is 19.8 Å². The first-order chi connectivity index (χ1) is 23.1. The smallest absolute Gasteiger partial charge is 0.459 e. The summed E-state index contributed by atoms with van der Waals surface area (Å²) in [7, 11) is -4.14. The van der Waals surface area contributed by atoms with Gasteiger partial charge in [-0.2, -0.15) is 10.1 Å². The van der Waals surface area contributed by atoms with E-state index in [1.54, 1.807) is 42.0 Å². The number of aromatic nitrogens is 4. The molecule has 4 atom stereocenters. The Hall–Kier alpha value is -3.55. The maximum absolute atomic E-state index is 14.4. The molecule has 2 aliphatic rings. The van der Waals surface area contributed by atoms with Crippen molar-refractivity contribution < 1.29 is 32.6 Å². The highest BCUT2D eigenvalue weighted by Gasteiger charge is 2.52. The van der Waals surface area contributed by atoms with Crippen LogP contribution >= 0.6 is 7.75 Å². The lowest BCUT2D eigenvalue weighted by Gasteiger charge is -2.27. The van der Waals surface area contributed by atoms with Crippen LogP contribution < -0.4 is 20.9 Å². The van der Waals surface area contributed by atoms with Crippen molar-refractivity contribution in [2.75, 3.05) is 32.2 Å². The summed E-state index contributed by atoms with van der Waals surface area (Å²) < 4.78 is 45.7. The highest BCUT2D eigenvalue weighted by molar-refractivity contribution is 7.52. The molecule has 15 heteroatoms. The lowest BCUT2D eigenvalue weighted by Crippen LogP contribution is -2.36. The Morgan fingerprint density at radius 3 is 2.71 bits per heavy atom. The number of esters is 1. The standard InChI is InChI=1S/C33H47N6O8P/c1-4-11-24(12-5-2)19-44-31(41)23(3)38-48(42,47-26-13-7-6-8-14-26)46-21-33(20-45-27-15-9-10-16-43-27)17-25(33)18-39-22-35-28-29(39)36-32(34)37-30(28)40/h6-8,13-14,18,22-24,27H,4-5,9-12,15-17,19-21H2,1-3H3,(H,38,42)(H3,34,36,37,40)/b25-18-/t23-,27?,33-,48-/m0/s1. The van der Waals surface area contributed by atoms with E-state index in [1.165, 1.54) is 6.33 Å². The second-order valence-electron chi connectivity index (χ2n) is 12.6. The fourth-order valence-electron chi connectivity index (χ4n) is 5.79. The summed E-state index contributed by atoms with van der Waals surface area (Å²) in [6, 6.07) is 7.66. The van der Waals surface area contributed by atoms with Crippen molar-refractivity contribution in [3.05, 3.63) is 52.6 Å². The SMILES string of the molecule is CCCC(CCC)COC(=O)[C@H](C)N[P@](=O)(OC[C@@]1(COC2CCCCO2)C/C1=C/n1cnc2c(=O)[nH]c(N)nc21)Oc1ccccc1. The zero-order valence-corrected chi connectivity index (χ0v) is 28.8. The molecule has 3 heterocycles. The largest absolute Gasteiger partial charge is 0.464 e. The second kappa shape index (κ2) is 16.2. The molecule has 14 nitrogen and oxygen atoms in total. The average Bonchev–Trinajstić information content (AvgIpc) is 3.61. The number of H-pyrrole nitrogens is 1. The molecule has 0 spiro atoms. The maximum Gasteiger partial charge on any atom is 0.459 e. The minimum absolute atomic E-state index is 0.0280. The zero-order chi connectivity index (χ0) is 34.1. The predicted molar refractivity (Wildman–Crippen MR) is 181 cm³/mol. The van der Waals surface area contributed by atoms with E-state index in [9.17, 15) is 14.2 Å². The monoisotopic (exact) mass is 686 g/mol. The predicted octanol–water partition coefficient (Wildman–Crippen LogP) is 5.42. The molecule has 0 radical (unpaired) electrons.